The van der Waals surface area contributed by atoms with Gasteiger partial charge in [-0.15, -0.1) is 0 Å². The van der Waals surface area contributed by atoms with Crippen molar-refractivity contribution < 1.29 is 9.13 Å². The van der Waals surface area contributed by atoms with E-state index in [1.807, 2.05) is 19.1 Å². The molecule has 146 valence electrons. The van der Waals surface area contributed by atoms with Crippen molar-refractivity contribution in [1.29, 1.82) is 5.26 Å². The summed E-state index contributed by atoms with van der Waals surface area (Å²) in [6.07, 6.45) is 2.22. The van der Waals surface area contributed by atoms with Crippen molar-refractivity contribution in [1.82, 2.24) is 9.97 Å². The summed E-state index contributed by atoms with van der Waals surface area (Å²) in [5, 5.41) is 13.3. The predicted octanol–water partition coefficient (Wildman–Crippen LogP) is 3.68. The van der Waals surface area contributed by atoms with Crippen LogP contribution in [0.5, 0.6) is 5.75 Å². The lowest BCUT2D eigenvalue weighted by Crippen LogP contribution is -2.16. The van der Waals surface area contributed by atoms with Gasteiger partial charge >= 0.3 is 0 Å². The Kier molecular flexibility index (Phi) is 6.32. The number of aromatic amines is 1. The molecule has 3 rings (SSSR count). The molecule has 0 bridgehead atoms. The van der Waals surface area contributed by atoms with Crippen molar-refractivity contribution in [2.45, 2.75) is 13.3 Å². The summed E-state index contributed by atoms with van der Waals surface area (Å²) in [5.74, 6) is 0.0256. The van der Waals surface area contributed by atoms with Crippen LogP contribution in [-0.2, 0) is 0 Å². The van der Waals surface area contributed by atoms with Crippen LogP contribution >= 0.6 is 0 Å². The van der Waals surface area contributed by atoms with Gasteiger partial charge in [0.15, 0.2) is 0 Å². The first-order valence-electron chi connectivity index (χ1n) is 8.93. The zero-order chi connectivity index (χ0) is 20.6. The molecule has 3 aromatic rings. The Bertz CT molecular complexity index is 1120. The van der Waals surface area contributed by atoms with E-state index in [1.165, 1.54) is 24.4 Å². The van der Waals surface area contributed by atoms with Crippen LogP contribution in [0.2, 0.25) is 0 Å². The Morgan fingerprint density at radius 2 is 2.10 bits per heavy atom. The van der Waals surface area contributed by atoms with Crippen LogP contribution in [0.4, 0.5) is 10.3 Å². The molecule has 7 nitrogen and oxygen atoms in total. The number of aromatic nitrogens is 2. The topological polar surface area (TPSA) is 103 Å². The fourth-order valence-electron chi connectivity index (χ4n) is 2.55. The Labute approximate surface area is 166 Å². The maximum atomic E-state index is 13.5. The Hall–Kier alpha value is -3.99. The van der Waals surface area contributed by atoms with E-state index in [2.05, 4.69) is 20.5 Å². The summed E-state index contributed by atoms with van der Waals surface area (Å²) in [6.45, 7) is 2.40. The second-order valence-electron chi connectivity index (χ2n) is 6.02. The highest BCUT2D eigenvalue weighted by atomic mass is 19.1. The number of hydrogen-bond donors (Lipinski definition) is 2. The molecule has 0 amide bonds. The largest absolute Gasteiger partial charge is 0.493 e. The molecule has 0 saturated carbocycles. The van der Waals surface area contributed by atoms with E-state index in [0.717, 1.165) is 6.42 Å². The Morgan fingerprint density at radius 1 is 1.31 bits per heavy atom. The lowest BCUT2D eigenvalue weighted by molar-refractivity contribution is 0.315. The van der Waals surface area contributed by atoms with E-state index in [1.54, 1.807) is 24.3 Å². The molecule has 0 unspecified atom stereocenters. The maximum Gasteiger partial charge on any atom is 0.270 e. The van der Waals surface area contributed by atoms with Gasteiger partial charge < -0.3 is 4.74 Å². The smallest absolute Gasteiger partial charge is 0.270 e. The fraction of sp³-hybridized carbons (Fsp3) is 0.143. The van der Waals surface area contributed by atoms with Gasteiger partial charge in [0.2, 0.25) is 5.95 Å². The zero-order valence-electron chi connectivity index (χ0n) is 15.6. The lowest BCUT2D eigenvalue weighted by Gasteiger charge is -2.08. The van der Waals surface area contributed by atoms with Gasteiger partial charge in [-0.25, -0.2) is 14.8 Å². The summed E-state index contributed by atoms with van der Waals surface area (Å²) in [7, 11) is 0. The van der Waals surface area contributed by atoms with E-state index in [-0.39, 0.29) is 17.2 Å². The number of halogens is 1. The van der Waals surface area contributed by atoms with Crippen LogP contribution in [0, 0.1) is 17.1 Å². The van der Waals surface area contributed by atoms with E-state index >= 15 is 0 Å². The minimum absolute atomic E-state index is 0.0715. The highest BCUT2D eigenvalue weighted by Crippen LogP contribution is 2.20. The van der Waals surface area contributed by atoms with Crippen molar-refractivity contribution in [3.63, 3.8) is 0 Å². The van der Waals surface area contributed by atoms with Crippen LogP contribution in [0.25, 0.3) is 11.3 Å². The number of anilines is 1. The molecule has 0 fully saturated rings. The maximum absolute atomic E-state index is 13.5. The summed E-state index contributed by atoms with van der Waals surface area (Å²) >= 11 is 0. The van der Waals surface area contributed by atoms with Gasteiger partial charge in [-0.2, -0.15) is 10.4 Å². The first-order valence-corrected chi connectivity index (χ1v) is 8.93. The number of ether oxygens (including phenoxy) is 1. The molecule has 2 aromatic carbocycles. The van der Waals surface area contributed by atoms with Crippen LogP contribution in [-0.4, -0.2) is 22.8 Å². The van der Waals surface area contributed by atoms with Crippen LogP contribution < -0.4 is 15.7 Å². The van der Waals surface area contributed by atoms with Crippen molar-refractivity contribution in [3.8, 4) is 23.1 Å². The molecule has 0 aliphatic rings. The van der Waals surface area contributed by atoms with Gasteiger partial charge in [0.05, 0.1) is 18.5 Å². The van der Waals surface area contributed by atoms with E-state index in [9.17, 15) is 14.4 Å². The quantitative estimate of drug-likeness (QED) is 0.472. The highest BCUT2D eigenvalue weighted by molar-refractivity contribution is 5.84. The standard InChI is InChI=1S/C21H18FN5O2/c1-2-10-29-18-11-16(22)9-8-15(18)13-24-27-21-25-19(14-6-4-3-5-7-14)17(12-23)20(28)26-21/h3-9,11,13H,2,10H2,1H3,(H2,25,26,27,28). The fourth-order valence-corrected chi connectivity index (χ4v) is 2.55. The molecule has 8 heteroatoms. The van der Waals surface area contributed by atoms with Crippen LogP contribution in [0.15, 0.2) is 58.4 Å². The van der Waals surface area contributed by atoms with Gasteiger partial charge in [-0.05, 0) is 18.6 Å². The van der Waals surface area contributed by atoms with E-state index in [0.29, 0.717) is 23.5 Å². The molecule has 29 heavy (non-hydrogen) atoms. The number of nitriles is 1. The SMILES string of the molecule is CCCOc1cc(F)ccc1C=NNc1nc(-c2ccccc2)c(C#N)c(=O)[nH]1. The first kappa shape index (κ1) is 19.8. The molecule has 0 saturated heterocycles. The predicted molar refractivity (Wildman–Crippen MR) is 108 cm³/mol. The minimum atomic E-state index is -0.576. The number of nitrogens with zero attached hydrogens (tertiary/aromatic N) is 3. The van der Waals surface area contributed by atoms with Gasteiger partial charge in [0.25, 0.3) is 5.56 Å². The average molecular weight is 391 g/mol. The van der Waals surface area contributed by atoms with E-state index < -0.39 is 11.4 Å². The molecule has 0 aliphatic heterocycles. The molecule has 0 atom stereocenters. The van der Waals surface area contributed by atoms with E-state index in [4.69, 9.17) is 4.74 Å². The van der Waals surface area contributed by atoms with Crippen LogP contribution in [0.3, 0.4) is 0 Å². The minimum Gasteiger partial charge on any atom is -0.493 e. The number of rotatable bonds is 7. The Balaban J connectivity index is 1.88. The van der Waals surface area contributed by atoms with Gasteiger partial charge in [-0.1, -0.05) is 37.3 Å². The van der Waals surface area contributed by atoms with Gasteiger partial charge in [-0.3, -0.25) is 9.78 Å². The third-order valence-electron chi connectivity index (χ3n) is 3.89. The van der Waals surface area contributed by atoms with Crippen molar-refractivity contribution >= 4 is 12.2 Å². The second-order valence-corrected chi connectivity index (χ2v) is 6.02. The summed E-state index contributed by atoms with van der Waals surface area (Å²) < 4.78 is 19.0. The molecular weight excluding hydrogens is 373 g/mol. The lowest BCUT2D eigenvalue weighted by atomic mass is 10.1. The number of hydrazone groups is 1. The highest BCUT2D eigenvalue weighted by Gasteiger charge is 2.13. The third-order valence-corrected chi connectivity index (χ3v) is 3.89. The van der Waals surface area contributed by atoms with Gasteiger partial charge in [0, 0.05) is 17.2 Å². The van der Waals surface area contributed by atoms with Crippen molar-refractivity contribution in [3.05, 3.63) is 75.8 Å². The normalized spacial score (nSPS) is 10.7. The number of benzene rings is 2. The summed E-state index contributed by atoms with van der Waals surface area (Å²) in [5.41, 5.74) is 3.43. The average Bonchev–Trinajstić information content (AvgIpc) is 2.73. The molecule has 0 spiro atoms. The second kappa shape index (κ2) is 9.28. The molecule has 0 aliphatic carbocycles. The first-order chi connectivity index (χ1) is 14.1. The number of nitrogens with one attached hydrogen (secondary N) is 2. The third kappa shape index (κ3) is 4.84. The van der Waals surface area contributed by atoms with Crippen molar-refractivity contribution in [2.75, 3.05) is 12.0 Å². The summed E-state index contributed by atoms with van der Waals surface area (Å²) in [4.78, 5) is 19.0. The zero-order valence-corrected chi connectivity index (χ0v) is 15.6. The molecule has 1 aromatic heterocycles. The van der Waals surface area contributed by atoms with Crippen LogP contribution in [0.1, 0.15) is 24.5 Å². The number of H-pyrrole nitrogens is 1. The molecule has 0 radical (unpaired) electrons. The summed E-state index contributed by atoms with van der Waals surface area (Å²) in [6, 6.07) is 14.9. The van der Waals surface area contributed by atoms with Gasteiger partial charge in [0.1, 0.15) is 23.2 Å². The molecular formula is C21H18FN5O2. The Morgan fingerprint density at radius 3 is 2.83 bits per heavy atom. The molecule has 2 N–H and O–H groups in total. The monoisotopic (exact) mass is 391 g/mol. The number of hydrogen-bond acceptors (Lipinski definition) is 6. The molecule has 1 heterocycles. The van der Waals surface area contributed by atoms with Crippen molar-refractivity contribution in [2.24, 2.45) is 5.10 Å².